The number of aryl methyl sites for hydroxylation is 1. The number of carbonyl (C=O) groups is 1. The van der Waals surface area contributed by atoms with Crippen molar-refractivity contribution in [1.29, 1.82) is 0 Å². The number of benzene rings is 1. The van der Waals surface area contributed by atoms with Gasteiger partial charge in [0.05, 0.1) is 34.9 Å². The van der Waals surface area contributed by atoms with Gasteiger partial charge in [0.1, 0.15) is 0 Å². The summed E-state index contributed by atoms with van der Waals surface area (Å²) in [5.74, 6) is -0.371. The van der Waals surface area contributed by atoms with E-state index in [1.54, 1.807) is 6.07 Å². The molecule has 0 saturated carbocycles. The Kier molecular flexibility index (Phi) is 4.68. The molecule has 0 bridgehead atoms. The van der Waals surface area contributed by atoms with E-state index in [2.05, 4.69) is 10.6 Å². The normalized spacial score (nSPS) is 22.5. The first-order chi connectivity index (χ1) is 9.04. The van der Waals surface area contributed by atoms with Gasteiger partial charge in [0.15, 0.2) is 0 Å². The van der Waals surface area contributed by atoms with E-state index < -0.39 is 0 Å². The third-order valence-electron chi connectivity index (χ3n) is 3.32. The molecule has 2 atom stereocenters. The van der Waals surface area contributed by atoms with Gasteiger partial charge in [0, 0.05) is 6.04 Å². The van der Waals surface area contributed by atoms with Crippen LogP contribution in [0.4, 0.5) is 5.69 Å². The molecular weight excluding hydrogens is 287 g/mol. The highest BCUT2D eigenvalue weighted by Crippen LogP contribution is 2.33. The number of amides is 1. The number of halogens is 2. The monoisotopic (exact) mass is 302 g/mol. The van der Waals surface area contributed by atoms with Crippen LogP contribution in [0.25, 0.3) is 0 Å². The fourth-order valence-corrected chi connectivity index (χ4v) is 2.55. The quantitative estimate of drug-likeness (QED) is 0.902. The number of hydrogen-bond acceptors (Lipinski definition) is 3. The number of likely N-dealkylation sites (N-methyl/N-ethyl adjacent to an activating group) is 1. The van der Waals surface area contributed by atoms with E-state index in [1.165, 1.54) is 0 Å². The van der Waals surface area contributed by atoms with Crippen LogP contribution < -0.4 is 10.6 Å². The molecule has 0 radical (unpaired) electrons. The van der Waals surface area contributed by atoms with Crippen LogP contribution in [0.5, 0.6) is 0 Å². The Bertz CT molecular complexity index is 494. The van der Waals surface area contributed by atoms with Crippen LogP contribution in [-0.4, -0.2) is 32.2 Å². The van der Waals surface area contributed by atoms with Gasteiger partial charge in [-0.3, -0.25) is 4.79 Å². The number of rotatable bonds is 3. The SMILES string of the molecule is CNC1COCC1C(=O)Nc1c(Cl)ccc(C)c1Cl. The summed E-state index contributed by atoms with van der Waals surface area (Å²) in [5, 5.41) is 6.78. The molecule has 0 aromatic heterocycles. The number of hydrogen-bond donors (Lipinski definition) is 2. The van der Waals surface area contributed by atoms with Crippen LogP contribution in [0.2, 0.25) is 10.0 Å². The first-order valence-electron chi connectivity index (χ1n) is 6.05. The summed E-state index contributed by atoms with van der Waals surface area (Å²) in [5.41, 5.74) is 1.34. The summed E-state index contributed by atoms with van der Waals surface area (Å²) in [6.45, 7) is 2.80. The topological polar surface area (TPSA) is 50.4 Å². The fraction of sp³-hybridized carbons (Fsp3) is 0.462. The molecule has 19 heavy (non-hydrogen) atoms. The van der Waals surface area contributed by atoms with E-state index >= 15 is 0 Å². The maximum Gasteiger partial charge on any atom is 0.231 e. The van der Waals surface area contributed by atoms with E-state index in [4.69, 9.17) is 27.9 Å². The third kappa shape index (κ3) is 3.03. The van der Waals surface area contributed by atoms with Crippen molar-refractivity contribution in [2.24, 2.45) is 5.92 Å². The Labute approximate surface area is 122 Å². The summed E-state index contributed by atoms with van der Waals surface area (Å²) >= 11 is 12.2. The van der Waals surface area contributed by atoms with E-state index in [0.717, 1.165) is 5.56 Å². The summed E-state index contributed by atoms with van der Waals surface area (Å²) in [6, 6.07) is 3.55. The van der Waals surface area contributed by atoms with Crippen molar-refractivity contribution >= 4 is 34.8 Å². The maximum absolute atomic E-state index is 12.3. The third-order valence-corrected chi connectivity index (χ3v) is 4.12. The first-order valence-corrected chi connectivity index (χ1v) is 6.80. The van der Waals surface area contributed by atoms with Crippen molar-refractivity contribution < 1.29 is 9.53 Å². The second-order valence-electron chi connectivity index (χ2n) is 4.58. The molecule has 0 spiro atoms. The molecule has 1 fully saturated rings. The predicted molar refractivity (Wildman–Crippen MR) is 77.0 cm³/mol. The predicted octanol–water partition coefficient (Wildman–Crippen LogP) is 2.47. The molecule has 2 unspecified atom stereocenters. The fourth-order valence-electron chi connectivity index (χ4n) is 2.08. The average Bonchev–Trinajstić information content (AvgIpc) is 2.87. The minimum Gasteiger partial charge on any atom is -0.379 e. The summed E-state index contributed by atoms with van der Waals surface area (Å²) in [7, 11) is 1.81. The number of anilines is 1. The first kappa shape index (κ1) is 14.6. The van der Waals surface area contributed by atoms with E-state index in [-0.39, 0.29) is 17.9 Å². The van der Waals surface area contributed by atoms with E-state index in [1.807, 2.05) is 20.0 Å². The summed E-state index contributed by atoms with van der Waals surface area (Å²) in [4.78, 5) is 12.3. The zero-order valence-corrected chi connectivity index (χ0v) is 12.3. The van der Waals surface area contributed by atoms with Crippen LogP contribution >= 0.6 is 23.2 Å². The van der Waals surface area contributed by atoms with Crippen molar-refractivity contribution in [3.8, 4) is 0 Å². The van der Waals surface area contributed by atoms with Gasteiger partial charge in [-0.2, -0.15) is 0 Å². The molecule has 2 rings (SSSR count). The number of ether oxygens (including phenoxy) is 1. The molecule has 1 aliphatic rings. The van der Waals surface area contributed by atoms with Crippen LogP contribution in [-0.2, 0) is 9.53 Å². The molecule has 1 aliphatic heterocycles. The molecule has 1 aromatic carbocycles. The second kappa shape index (κ2) is 6.09. The Hall–Kier alpha value is -0.810. The second-order valence-corrected chi connectivity index (χ2v) is 5.37. The van der Waals surface area contributed by atoms with Crippen LogP contribution in [0, 0.1) is 12.8 Å². The molecule has 0 aliphatic carbocycles. The minimum atomic E-state index is -0.238. The Morgan fingerprint density at radius 2 is 2.11 bits per heavy atom. The molecule has 1 amide bonds. The highest BCUT2D eigenvalue weighted by Gasteiger charge is 2.33. The van der Waals surface area contributed by atoms with Gasteiger partial charge in [-0.15, -0.1) is 0 Å². The highest BCUT2D eigenvalue weighted by molar-refractivity contribution is 6.40. The Morgan fingerprint density at radius 1 is 1.37 bits per heavy atom. The lowest BCUT2D eigenvalue weighted by Crippen LogP contribution is -2.39. The molecular formula is C13H16Cl2N2O2. The van der Waals surface area contributed by atoms with Crippen LogP contribution in [0.3, 0.4) is 0 Å². The van der Waals surface area contributed by atoms with Gasteiger partial charge in [-0.05, 0) is 25.6 Å². The van der Waals surface area contributed by atoms with Crippen molar-refractivity contribution in [2.45, 2.75) is 13.0 Å². The minimum absolute atomic E-state index is 0.0161. The molecule has 104 valence electrons. The van der Waals surface area contributed by atoms with Gasteiger partial charge in [0.25, 0.3) is 0 Å². The number of nitrogens with one attached hydrogen (secondary N) is 2. The van der Waals surface area contributed by atoms with E-state index in [0.29, 0.717) is 28.9 Å². The Balaban J connectivity index is 2.17. The molecule has 2 N–H and O–H groups in total. The highest BCUT2D eigenvalue weighted by atomic mass is 35.5. The van der Waals surface area contributed by atoms with Gasteiger partial charge in [-0.25, -0.2) is 0 Å². The van der Waals surface area contributed by atoms with Gasteiger partial charge in [-0.1, -0.05) is 29.3 Å². The van der Waals surface area contributed by atoms with Crippen LogP contribution in [0.1, 0.15) is 5.56 Å². The lowest BCUT2D eigenvalue weighted by Gasteiger charge is -2.18. The van der Waals surface area contributed by atoms with Crippen molar-refractivity contribution in [3.63, 3.8) is 0 Å². The van der Waals surface area contributed by atoms with Gasteiger partial charge >= 0.3 is 0 Å². The van der Waals surface area contributed by atoms with Crippen molar-refractivity contribution in [3.05, 3.63) is 27.7 Å². The average molecular weight is 303 g/mol. The largest absolute Gasteiger partial charge is 0.379 e. The molecule has 1 heterocycles. The number of carbonyl (C=O) groups excluding carboxylic acids is 1. The molecule has 1 aromatic rings. The smallest absolute Gasteiger partial charge is 0.231 e. The van der Waals surface area contributed by atoms with Gasteiger partial charge in [0.2, 0.25) is 5.91 Å². The lowest BCUT2D eigenvalue weighted by molar-refractivity contribution is -0.120. The molecule has 4 nitrogen and oxygen atoms in total. The van der Waals surface area contributed by atoms with Crippen molar-refractivity contribution in [1.82, 2.24) is 5.32 Å². The standard InChI is InChI=1S/C13H16Cl2N2O2/c1-7-3-4-9(14)12(11(7)15)17-13(18)8-5-19-6-10(8)16-2/h3-4,8,10,16H,5-6H2,1-2H3,(H,17,18). The molecule has 6 heteroatoms. The van der Waals surface area contributed by atoms with Gasteiger partial charge < -0.3 is 15.4 Å². The zero-order chi connectivity index (χ0) is 14.0. The molecule has 1 saturated heterocycles. The van der Waals surface area contributed by atoms with E-state index in [9.17, 15) is 4.79 Å². The lowest BCUT2D eigenvalue weighted by atomic mass is 10.0. The maximum atomic E-state index is 12.3. The Morgan fingerprint density at radius 3 is 2.79 bits per heavy atom. The summed E-state index contributed by atoms with van der Waals surface area (Å²) in [6.07, 6.45) is 0. The van der Waals surface area contributed by atoms with Crippen molar-refractivity contribution in [2.75, 3.05) is 25.6 Å². The zero-order valence-electron chi connectivity index (χ0n) is 10.8. The summed E-state index contributed by atoms with van der Waals surface area (Å²) < 4.78 is 5.31. The van der Waals surface area contributed by atoms with Crippen LogP contribution in [0.15, 0.2) is 12.1 Å².